The van der Waals surface area contributed by atoms with Gasteiger partial charge in [-0.3, -0.25) is 4.68 Å². The predicted octanol–water partition coefficient (Wildman–Crippen LogP) is 2.87. The van der Waals surface area contributed by atoms with Crippen molar-refractivity contribution in [3.63, 3.8) is 0 Å². The summed E-state index contributed by atoms with van der Waals surface area (Å²) in [5.74, 6) is 0. The van der Waals surface area contributed by atoms with Crippen LogP contribution in [0.4, 0.5) is 0 Å². The molecule has 4 heteroatoms. The second kappa shape index (κ2) is 5.37. The van der Waals surface area contributed by atoms with E-state index >= 15 is 0 Å². The molecule has 4 nitrogen and oxygen atoms in total. The summed E-state index contributed by atoms with van der Waals surface area (Å²) in [5.41, 5.74) is 3.51. The van der Waals surface area contributed by atoms with E-state index in [2.05, 4.69) is 16.2 Å². The third-order valence-electron chi connectivity index (χ3n) is 3.07. The Morgan fingerprint density at radius 2 is 1.90 bits per heavy atom. The van der Waals surface area contributed by atoms with Gasteiger partial charge in [-0.15, -0.1) is 0 Å². The summed E-state index contributed by atoms with van der Waals surface area (Å²) in [5, 5.41) is 13.4. The highest BCUT2D eigenvalue weighted by molar-refractivity contribution is 5.61. The van der Waals surface area contributed by atoms with Crippen molar-refractivity contribution < 1.29 is 0 Å². The molecule has 2 aromatic heterocycles. The molecule has 0 spiro atoms. The number of aromatic nitrogens is 3. The quantitative estimate of drug-likeness (QED) is 0.727. The van der Waals surface area contributed by atoms with Gasteiger partial charge in [-0.1, -0.05) is 36.4 Å². The zero-order valence-electron chi connectivity index (χ0n) is 10.8. The van der Waals surface area contributed by atoms with E-state index < -0.39 is 0 Å². The van der Waals surface area contributed by atoms with Crippen LogP contribution in [-0.2, 0) is 6.54 Å². The molecule has 0 aliphatic rings. The van der Waals surface area contributed by atoms with E-state index in [0.717, 1.165) is 16.7 Å². The first-order valence-electron chi connectivity index (χ1n) is 6.28. The number of rotatable bonds is 3. The molecule has 0 amide bonds. The number of hydrogen-bond acceptors (Lipinski definition) is 3. The molecule has 0 radical (unpaired) electrons. The van der Waals surface area contributed by atoms with Gasteiger partial charge in [-0.25, -0.2) is 4.98 Å². The van der Waals surface area contributed by atoms with Gasteiger partial charge >= 0.3 is 0 Å². The summed E-state index contributed by atoms with van der Waals surface area (Å²) in [6, 6.07) is 15.9. The zero-order valence-corrected chi connectivity index (χ0v) is 10.8. The molecular weight excluding hydrogens is 248 g/mol. The Hall–Kier alpha value is -2.93. The highest BCUT2D eigenvalue weighted by Crippen LogP contribution is 2.18. The van der Waals surface area contributed by atoms with Crippen LogP contribution in [0.25, 0.3) is 11.1 Å². The molecule has 96 valence electrons. The lowest BCUT2D eigenvalue weighted by Crippen LogP contribution is -2.03. The molecule has 1 aromatic carbocycles. The molecule has 20 heavy (non-hydrogen) atoms. The molecule has 0 unspecified atom stereocenters. The van der Waals surface area contributed by atoms with Gasteiger partial charge in [0, 0.05) is 23.5 Å². The number of hydrogen-bond donors (Lipinski definition) is 0. The maximum Gasteiger partial charge on any atom is 0.145 e. The average molecular weight is 260 g/mol. The van der Waals surface area contributed by atoms with Gasteiger partial charge < -0.3 is 0 Å². The van der Waals surface area contributed by atoms with E-state index in [1.807, 2.05) is 59.5 Å². The lowest BCUT2D eigenvalue weighted by Gasteiger charge is -2.02. The van der Waals surface area contributed by atoms with Gasteiger partial charge in [0.05, 0.1) is 12.7 Å². The molecule has 0 saturated carbocycles. The van der Waals surface area contributed by atoms with Crippen LogP contribution < -0.4 is 0 Å². The summed E-state index contributed by atoms with van der Waals surface area (Å²) in [7, 11) is 0. The highest BCUT2D eigenvalue weighted by atomic mass is 15.3. The van der Waals surface area contributed by atoms with E-state index in [0.29, 0.717) is 12.2 Å². The summed E-state index contributed by atoms with van der Waals surface area (Å²) in [4.78, 5) is 4.06. The second-order valence-electron chi connectivity index (χ2n) is 4.42. The lowest BCUT2D eigenvalue weighted by molar-refractivity contribution is 0.683. The van der Waals surface area contributed by atoms with Crippen LogP contribution in [0.15, 0.2) is 61.1 Å². The minimum Gasteiger partial charge on any atom is -0.268 e. The van der Waals surface area contributed by atoms with E-state index in [1.54, 1.807) is 6.20 Å². The van der Waals surface area contributed by atoms with Gasteiger partial charge in [0.2, 0.25) is 0 Å². The molecule has 0 atom stereocenters. The zero-order chi connectivity index (χ0) is 13.8. The molecular formula is C16H12N4. The summed E-state index contributed by atoms with van der Waals surface area (Å²) < 4.78 is 1.82. The van der Waals surface area contributed by atoms with E-state index in [1.165, 1.54) is 0 Å². The van der Waals surface area contributed by atoms with Crippen LogP contribution in [0, 0.1) is 11.3 Å². The van der Waals surface area contributed by atoms with Crippen LogP contribution in [-0.4, -0.2) is 14.8 Å². The van der Waals surface area contributed by atoms with Crippen molar-refractivity contribution in [2.75, 3.05) is 0 Å². The number of pyridine rings is 1. The highest BCUT2D eigenvalue weighted by Gasteiger charge is 2.05. The first-order chi connectivity index (χ1) is 9.86. The Morgan fingerprint density at radius 3 is 2.70 bits per heavy atom. The molecule has 0 bridgehead atoms. The largest absolute Gasteiger partial charge is 0.268 e. The molecule has 0 saturated heterocycles. The van der Waals surface area contributed by atoms with E-state index in [4.69, 9.17) is 5.26 Å². The minimum absolute atomic E-state index is 0.448. The van der Waals surface area contributed by atoms with E-state index in [-0.39, 0.29) is 0 Å². The van der Waals surface area contributed by atoms with Gasteiger partial charge in [0.1, 0.15) is 11.8 Å². The van der Waals surface area contributed by atoms with Gasteiger partial charge in [0.25, 0.3) is 0 Å². The molecule has 0 N–H and O–H groups in total. The van der Waals surface area contributed by atoms with Crippen molar-refractivity contribution in [1.29, 1.82) is 5.26 Å². The summed E-state index contributed by atoms with van der Waals surface area (Å²) in [6.45, 7) is 0.545. The molecule has 0 aliphatic heterocycles. The third kappa shape index (κ3) is 2.43. The Kier molecular flexibility index (Phi) is 3.25. The Balaban J connectivity index is 1.87. The third-order valence-corrected chi connectivity index (χ3v) is 3.07. The molecule has 0 aliphatic carbocycles. The standard InChI is InChI=1S/C16H12N4/c17-9-16-14(7-4-8-18-16)11-20-12-15(10-19-20)13-5-2-1-3-6-13/h1-8,10,12H,11H2. The minimum atomic E-state index is 0.448. The fourth-order valence-corrected chi connectivity index (χ4v) is 2.07. The fraction of sp³-hybridized carbons (Fsp3) is 0.0625. The monoisotopic (exact) mass is 260 g/mol. The lowest BCUT2D eigenvalue weighted by atomic mass is 10.1. The average Bonchev–Trinajstić information content (AvgIpc) is 2.97. The Morgan fingerprint density at radius 1 is 1.05 bits per heavy atom. The van der Waals surface area contributed by atoms with Crippen molar-refractivity contribution in [3.8, 4) is 17.2 Å². The summed E-state index contributed by atoms with van der Waals surface area (Å²) >= 11 is 0. The van der Waals surface area contributed by atoms with E-state index in [9.17, 15) is 0 Å². The van der Waals surface area contributed by atoms with Gasteiger partial charge in [0.15, 0.2) is 0 Å². The first kappa shape index (κ1) is 12.1. The predicted molar refractivity (Wildman–Crippen MR) is 75.7 cm³/mol. The second-order valence-corrected chi connectivity index (χ2v) is 4.42. The van der Waals surface area contributed by atoms with Crippen molar-refractivity contribution in [2.24, 2.45) is 0 Å². The van der Waals surface area contributed by atoms with Crippen molar-refractivity contribution in [2.45, 2.75) is 6.54 Å². The topological polar surface area (TPSA) is 54.5 Å². The number of nitrogens with zero attached hydrogens (tertiary/aromatic N) is 4. The molecule has 3 rings (SSSR count). The van der Waals surface area contributed by atoms with Crippen molar-refractivity contribution in [1.82, 2.24) is 14.8 Å². The van der Waals surface area contributed by atoms with Gasteiger partial charge in [-0.2, -0.15) is 10.4 Å². The Labute approximate surface area is 116 Å². The van der Waals surface area contributed by atoms with Crippen LogP contribution >= 0.6 is 0 Å². The maximum atomic E-state index is 9.04. The molecule has 3 aromatic rings. The van der Waals surface area contributed by atoms with Crippen LogP contribution in [0.3, 0.4) is 0 Å². The molecule has 2 heterocycles. The van der Waals surface area contributed by atoms with Crippen LogP contribution in [0.1, 0.15) is 11.3 Å². The molecule has 0 fully saturated rings. The number of nitriles is 1. The van der Waals surface area contributed by atoms with Crippen molar-refractivity contribution in [3.05, 3.63) is 72.3 Å². The SMILES string of the molecule is N#Cc1ncccc1Cn1cc(-c2ccccc2)cn1. The first-order valence-corrected chi connectivity index (χ1v) is 6.28. The van der Waals surface area contributed by atoms with Gasteiger partial charge in [-0.05, 0) is 11.6 Å². The van der Waals surface area contributed by atoms with Crippen molar-refractivity contribution >= 4 is 0 Å². The number of benzene rings is 1. The normalized spacial score (nSPS) is 10.2. The fourth-order valence-electron chi connectivity index (χ4n) is 2.07. The summed E-state index contributed by atoms with van der Waals surface area (Å²) in [6.07, 6.45) is 5.43. The van der Waals surface area contributed by atoms with Crippen LogP contribution in [0.5, 0.6) is 0 Å². The Bertz CT molecular complexity index is 753. The van der Waals surface area contributed by atoms with Crippen LogP contribution in [0.2, 0.25) is 0 Å². The smallest absolute Gasteiger partial charge is 0.145 e. The maximum absolute atomic E-state index is 9.04.